The summed E-state index contributed by atoms with van der Waals surface area (Å²) in [7, 11) is 0. The Balaban J connectivity index is 2.89. The number of carbonyl (C=O) groups is 1. The Hall–Kier alpha value is -0.290. The van der Waals surface area contributed by atoms with Crippen molar-refractivity contribution in [1.29, 1.82) is 0 Å². The molecule has 2 nitrogen and oxygen atoms in total. The summed E-state index contributed by atoms with van der Waals surface area (Å²) < 4.78 is 2.21. The highest BCUT2D eigenvalue weighted by molar-refractivity contribution is 14.1. The van der Waals surface area contributed by atoms with Gasteiger partial charge in [-0.3, -0.25) is 4.79 Å². The lowest BCUT2D eigenvalue weighted by Crippen LogP contribution is -2.16. The Morgan fingerprint density at radius 2 is 1.92 bits per heavy atom. The van der Waals surface area contributed by atoms with E-state index >= 15 is 0 Å². The van der Waals surface area contributed by atoms with E-state index in [-0.39, 0.29) is 5.91 Å². The van der Waals surface area contributed by atoms with Crippen molar-refractivity contribution in [3.05, 3.63) is 27.8 Å². The Bertz CT molecular complexity index is 286. The highest BCUT2D eigenvalue weighted by Crippen LogP contribution is 2.17. The summed E-state index contributed by atoms with van der Waals surface area (Å²) in [5.41, 5.74) is 0.699. The van der Waals surface area contributed by atoms with Gasteiger partial charge in [0.25, 0.3) is 0 Å². The lowest BCUT2D eigenvalue weighted by Gasteiger charge is -2.10. The standard InChI is InChI=1S/C8H7ClINO/c1-6(12)11(9)8-4-2-7(10)3-5-8/h2-5H,1H3. The molecular formula is C8H7ClINO. The van der Waals surface area contributed by atoms with Crippen LogP contribution in [0.2, 0.25) is 0 Å². The van der Waals surface area contributed by atoms with E-state index in [1.165, 1.54) is 6.92 Å². The van der Waals surface area contributed by atoms with Gasteiger partial charge in [0.05, 0.1) is 5.69 Å². The van der Waals surface area contributed by atoms with E-state index in [0.29, 0.717) is 5.69 Å². The molecule has 12 heavy (non-hydrogen) atoms. The molecule has 1 aromatic carbocycles. The van der Waals surface area contributed by atoms with E-state index in [1.807, 2.05) is 12.1 Å². The molecule has 1 aromatic rings. The molecule has 0 unspecified atom stereocenters. The molecule has 1 amide bonds. The number of carbonyl (C=O) groups excluding carboxylic acids is 1. The first-order valence-corrected chi connectivity index (χ1v) is 4.75. The molecule has 0 N–H and O–H groups in total. The van der Waals surface area contributed by atoms with E-state index < -0.39 is 0 Å². The summed E-state index contributed by atoms with van der Waals surface area (Å²) in [6.07, 6.45) is 0. The minimum absolute atomic E-state index is 0.183. The van der Waals surface area contributed by atoms with Crippen LogP contribution in [0.1, 0.15) is 6.92 Å². The van der Waals surface area contributed by atoms with Crippen LogP contribution in [0.4, 0.5) is 5.69 Å². The van der Waals surface area contributed by atoms with Crippen molar-refractivity contribution in [3.63, 3.8) is 0 Å². The van der Waals surface area contributed by atoms with Gasteiger partial charge in [0.15, 0.2) is 0 Å². The van der Waals surface area contributed by atoms with Crippen molar-refractivity contribution in [2.45, 2.75) is 6.92 Å². The number of benzene rings is 1. The number of anilines is 1. The van der Waals surface area contributed by atoms with Gasteiger partial charge in [-0.1, -0.05) is 0 Å². The van der Waals surface area contributed by atoms with Crippen molar-refractivity contribution in [1.82, 2.24) is 0 Å². The van der Waals surface area contributed by atoms with Crippen molar-refractivity contribution in [2.24, 2.45) is 0 Å². The van der Waals surface area contributed by atoms with Gasteiger partial charge in [0.2, 0.25) is 5.91 Å². The largest absolute Gasteiger partial charge is 0.274 e. The van der Waals surface area contributed by atoms with Crippen molar-refractivity contribution >= 4 is 46.0 Å². The van der Waals surface area contributed by atoms with Gasteiger partial charge in [0, 0.05) is 22.3 Å². The molecule has 64 valence electrons. The third-order valence-electron chi connectivity index (χ3n) is 1.33. The fraction of sp³-hybridized carbons (Fsp3) is 0.125. The average molecular weight is 296 g/mol. The van der Waals surface area contributed by atoms with E-state index in [4.69, 9.17) is 11.8 Å². The zero-order chi connectivity index (χ0) is 9.14. The molecule has 0 aliphatic carbocycles. The van der Waals surface area contributed by atoms with Gasteiger partial charge in [-0.25, -0.2) is 4.42 Å². The fourth-order valence-corrected chi connectivity index (χ4v) is 1.23. The van der Waals surface area contributed by atoms with E-state index in [2.05, 4.69) is 22.6 Å². The molecule has 0 bridgehead atoms. The second-order valence-corrected chi connectivity index (χ2v) is 3.86. The molecule has 1 rings (SSSR count). The van der Waals surface area contributed by atoms with Gasteiger partial charge in [-0.15, -0.1) is 0 Å². The van der Waals surface area contributed by atoms with Crippen LogP contribution in [0.25, 0.3) is 0 Å². The number of amides is 1. The topological polar surface area (TPSA) is 20.3 Å². The molecule has 0 aliphatic rings. The molecule has 0 fully saturated rings. The monoisotopic (exact) mass is 295 g/mol. The summed E-state index contributed by atoms with van der Waals surface area (Å²) in [5, 5.41) is 0. The maximum Gasteiger partial charge on any atom is 0.238 e. The van der Waals surface area contributed by atoms with Crippen molar-refractivity contribution in [2.75, 3.05) is 4.42 Å². The molecular weight excluding hydrogens is 288 g/mol. The Kier molecular flexibility index (Phi) is 3.34. The normalized spacial score (nSPS) is 9.58. The zero-order valence-corrected chi connectivity index (χ0v) is 9.33. The molecule has 0 aromatic heterocycles. The molecule has 0 radical (unpaired) electrons. The lowest BCUT2D eigenvalue weighted by molar-refractivity contribution is -0.115. The van der Waals surface area contributed by atoms with Crippen molar-refractivity contribution in [3.8, 4) is 0 Å². The van der Waals surface area contributed by atoms with E-state index in [9.17, 15) is 4.79 Å². The number of nitrogens with zero attached hydrogens (tertiary/aromatic N) is 1. The third-order valence-corrected chi connectivity index (χ3v) is 2.48. The SMILES string of the molecule is CC(=O)N(Cl)c1ccc(I)cc1. The van der Waals surface area contributed by atoms with Gasteiger partial charge in [-0.05, 0) is 46.9 Å². The van der Waals surface area contributed by atoms with Crippen molar-refractivity contribution < 1.29 is 4.79 Å². The Labute approximate surface area is 89.8 Å². The van der Waals surface area contributed by atoms with E-state index in [0.717, 1.165) is 7.99 Å². The summed E-state index contributed by atoms with van der Waals surface area (Å²) in [5.74, 6) is -0.183. The van der Waals surface area contributed by atoms with Gasteiger partial charge < -0.3 is 0 Å². The van der Waals surface area contributed by atoms with E-state index in [1.54, 1.807) is 12.1 Å². The summed E-state index contributed by atoms with van der Waals surface area (Å²) in [6, 6.07) is 7.40. The summed E-state index contributed by atoms with van der Waals surface area (Å²) in [6.45, 7) is 1.42. The highest BCUT2D eigenvalue weighted by atomic mass is 127. The molecule has 0 saturated heterocycles. The average Bonchev–Trinajstić information content (AvgIpc) is 2.04. The molecule has 0 aliphatic heterocycles. The number of hydrogen-bond acceptors (Lipinski definition) is 1. The van der Waals surface area contributed by atoms with Crippen LogP contribution in [-0.4, -0.2) is 5.91 Å². The summed E-state index contributed by atoms with van der Waals surface area (Å²) in [4.78, 5) is 10.8. The fourth-order valence-electron chi connectivity index (χ4n) is 0.754. The minimum Gasteiger partial charge on any atom is -0.274 e. The van der Waals surface area contributed by atoms with Crippen LogP contribution in [0.5, 0.6) is 0 Å². The number of rotatable bonds is 1. The van der Waals surface area contributed by atoms with Gasteiger partial charge in [0.1, 0.15) is 0 Å². The number of hydrogen-bond donors (Lipinski definition) is 0. The smallest absolute Gasteiger partial charge is 0.238 e. The zero-order valence-electron chi connectivity index (χ0n) is 6.42. The maximum absolute atomic E-state index is 10.8. The second kappa shape index (κ2) is 4.09. The first kappa shape index (κ1) is 9.80. The Morgan fingerprint density at radius 3 is 2.33 bits per heavy atom. The predicted molar refractivity (Wildman–Crippen MR) is 58.2 cm³/mol. The minimum atomic E-state index is -0.183. The highest BCUT2D eigenvalue weighted by Gasteiger charge is 2.06. The van der Waals surface area contributed by atoms with Crippen LogP contribution in [0, 0.1) is 3.57 Å². The molecule has 0 heterocycles. The Morgan fingerprint density at radius 1 is 1.42 bits per heavy atom. The maximum atomic E-state index is 10.8. The molecule has 4 heteroatoms. The first-order chi connectivity index (χ1) is 5.61. The van der Waals surface area contributed by atoms with Crippen LogP contribution < -0.4 is 4.42 Å². The molecule has 0 spiro atoms. The van der Waals surface area contributed by atoms with Crippen LogP contribution in [0.3, 0.4) is 0 Å². The van der Waals surface area contributed by atoms with Gasteiger partial charge in [-0.2, -0.15) is 0 Å². The summed E-state index contributed by atoms with van der Waals surface area (Å²) >= 11 is 7.87. The van der Waals surface area contributed by atoms with Crippen LogP contribution >= 0.6 is 34.4 Å². The first-order valence-electron chi connectivity index (χ1n) is 3.33. The molecule has 0 atom stereocenters. The second-order valence-electron chi connectivity index (χ2n) is 2.28. The lowest BCUT2D eigenvalue weighted by atomic mass is 10.3. The van der Waals surface area contributed by atoms with Gasteiger partial charge >= 0.3 is 0 Å². The molecule has 0 saturated carbocycles. The third kappa shape index (κ3) is 2.35. The van der Waals surface area contributed by atoms with Crippen LogP contribution in [-0.2, 0) is 4.79 Å². The quantitative estimate of drug-likeness (QED) is 0.576. The predicted octanol–water partition coefficient (Wildman–Crippen LogP) is 2.80. The number of halogens is 2. The van der Waals surface area contributed by atoms with Crippen LogP contribution in [0.15, 0.2) is 24.3 Å².